The smallest absolute Gasteiger partial charge is 0.180 e. The number of halogens is 1. The van der Waals surface area contributed by atoms with E-state index in [1.807, 2.05) is 16.8 Å². The second-order valence-electron chi connectivity index (χ2n) is 3.27. The van der Waals surface area contributed by atoms with Gasteiger partial charge in [-0.25, -0.2) is 9.97 Å². The summed E-state index contributed by atoms with van der Waals surface area (Å²) in [7, 11) is -0.798. The first-order valence-corrected chi connectivity index (χ1v) is 7.22. The normalized spacial score (nSPS) is 12.9. The summed E-state index contributed by atoms with van der Waals surface area (Å²) in [6.07, 6.45) is 7.09. The number of fused-ring (bicyclic) bond motifs is 1. The van der Waals surface area contributed by atoms with Crippen LogP contribution in [0.4, 0.5) is 5.82 Å². The minimum absolute atomic E-state index is 0.598. The van der Waals surface area contributed by atoms with Gasteiger partial charge in [-0.3, -0.25) is 4.21 Å². The number of nitrogens with one attached hydrogen (secondary N) is 1. The van der Waals surface area contributed by atoms with E-state index >= 15 is 0 Å². The Balaban J connectivity index is 2.22. The van der Waals surface area contributed by atoms with E-state index in [-0.39, 0.29) is 0 Å². The highest BCUT2D eigenvalue weighted by molar-refractivity contribution is 9.10. The van der Waals surface area contributed by atoms with Crippen molar-refractivity contribution in [2.75, 3.05) is 23.9 Å². The van der Waals surface area contributed by atoms with Gasteiger partial charge in [0.25, 0.3) is 0 Å². The lowest BCUT2D eigenvalue weighted by molar-refractivity contribution is 0.687. The minimum Gasteiger partial charge on any atom is -0.366 e. The van der Waals surface area contributed by atoms with Crippen LogP contribution >= 0.6 is 15.9 Å². The molecule has 1 atom stereocenters. The van der Waals surface area contributed by atoms with Crippen LogP contribution in [0.3, 0.4) is 0 Å². The molecule has 1 N–H and O–H groups in total. The van der Waals surface area contributed by atoms with Crippen LogP contribution in [0.2, 0.25) is 0 Å². The largest absolute Gasteiger partial charge is 0.366 e. The maximum Gasteiger partial charge on any atom is 0.180 e. The lowest BCUT2D eigenvalue weighted by Crippen LogP contribution is -2.12. The van der Waals surface area contributed by atoms with E-state index in [4.69, 9.17) is 0 Å². The first kappa shape index (κ1) is 11.5. The third kappa shape index (κ3) is 2.59. The van der Waals surface area contributed by atoms with Crippen LogP contribution in [0.1, 0.15) is 0 Å². The zero-order chi connectivity index (χ0) is 11.5. The Kier molecular flexibility index (Phi) is 3.55. The molecule has 0 bridgehead atoms. The molecule has 2 aromatic rings. The molecule has 0 aromatic carbocycles. The van der Waals surface area contributed by atoms with Crippen molar-refractivity contribution in [3.8, 4) is 0 Å². The Morgan fingerprint density at radius 2 is 2.44 bits per heavy atom. The van der Waals surface area contributed by atoms with Gasteiger partial charge in [0.1, 0.15) is 4.60 Å². The summed E-state index contributed by atoms with van der Waals surface area (Å²) < 4.78 is 13.5. The van der Waals surface area contributed by atoms with E-state index in [0.29, 0.717) is 18.1 Å². The summed E-state index contributed by atoms with van der Waals surface area (Å²) in [6, 6.07) is 0. The molecule has 0 aliphatic rings. The molecular weight excluding hydrogens is 292 g/mol. The molecule has 0 saturated heterocycles. The van der Waals surface area contributed by atoms with Crippen LogP contribution in [0.5, 0.6) is 0 Å². The molecule has 0 saturated carbocycles. The number of rotatable bonds is 4. The topological polar surface area (TPSA) is 59.3 Å². The van der Waals surface area contributed by atoms with E-state index in [0.717, 1.165) is 10.3 Å². The molecule has 2 heterocycles. The number of aromatic nitrogens is 3. The van der Waals surface area contributed by atoms with Crippen molar-refractivity contribution >= 4 is 38.2 Å². The first-order chi connectivity index (χ1) is 7.66. The molecule has 1 unspecified atom stereocenters. The second kappa shape index (κ2) is 4.92. The van der Waals surface area contributed by atoms with Crippen LogP contribution in [-0.4, -0.2) is 37.1 Å². The molecule has 0 amide bonds. The fourth-order valence-corrected chi connectivity index (χ4v) is 2.12. The van der Waals surface area contributed by atoms with Crippen molar-refractivity contribution in [2.45, 2.75) is 0 Å². The standard InChI is InChI=1S/C9H11BrN4OS/c1-16(15)5-3-11-8-9-12-2-4-14(9)6-7(10)13-8/h2,4,6H,3,5H2,1H3,(H,11,13). The maximum absolute atomic E-state index is 10.9. The van der Waals surface area contributed by atoms with Gasteiger partial charge >= 0.3 is 0 Å². The number of imidazole rings is 1. The average molecular weight is 303 g/mol. The molecule has 5 nitrogen and oxygen atoms in total. The van der Waals surface area contributed by atoms with Gasteiger partial charge in [0, 0.05) is 47.9 Å². The summed E-state index contributed by atoms with van der Waals surface area (Å²) >= 11 is 3.33. The average Bonchev–Trinajstić information content (AvgIpc) is 2.64. The zero-order valence-corrected chi connectivity index (χ0v) is 11.1. The molecule has 0 spiro atoms. The van der Waals surface area contributed by atoms with Crippen LogP contribution < -0.4 is 5.32 Å². The highest BCUT2D eigenvalue weighted by atomic mass is 79.9. The third-order valence-corrected chi connectivity index (χ3v) is 3.19. The molecule has 2 aromatic heterocycles. The second-order valence-corrected chi connectivity index (χ2v) is 5.64. The summed E-state index contributed by atoms with van der Waals surface area (Å²) in [5.41, 5.74) is 0.769. The third-order valence-electron chi connectivity index (χ3n) is 2.03. The van der Waals surface area contributed by atoms with Gasteiger partial charge in [0.15, 0.2) is 11.5 Å². The molecule has 16 heavy (non-hydrogen) atoms. The van der Waals surface area contributed by atoms with Crippen molar-refractivity contribution < 1.29 is 4.21 Å². The quantitative estimate of drug-likeness (QED) is 0.924. The number of hydrogen-bond donors (Lipinski definition) is 1. The van der Waals surface area contributed by atoms with Gasteiger partial charge in [-0.1, -0.05) is 0 Å². The summed E-state index contributed by atoms with van der Waals surface area (Å²) in [5, 5.41) is 3.13. The van der Waals surface area contributed by atoms with Gasteiger partial charge in [-0.15, -0.1) is 0 Å². The van der Waals surface area contributed by atoms with E-state index < -0.39 is 10.8 Å². The SMILES string of the molecule is CS(=O)CCNc1nc(Br)cn2ccnc12. The van der Waals surface area contributed by atoms with Crippen molar-refractivity contribution in [1.29, 1.82) is 0 Å². The molecule has 2 rings (SSSR count). The molecule has 7 heteroatoms. The van der Waals surface area contributed by atoms with Crippen LogP contribution in [-0.2, 0) is 10.8 Å². The Labute approximate surface area is 104 Å². The summed E-state index contributed by atoms with van der Waals surface area (Å²) in [6.45, 7) is 0.620. The van der Waals surface area contributed by atoms with Crippen molar-refractivity contribution in [3.63, 3.8) is 0 Å². The van der Waals surface area contributed by atoms with Crippen LogP contribution in [0.25, 0.3) is 5.65 Å². The van der Waals surface area contributed by atoms with Gasteiger partial charge < -0.3 is 9.72 Å². The van der Waals surface area contributed by atoms with Crippen molar-refractivity contribution in [3.05, 3.63) is 23.2 Å². The molecule has 86 valence electrons. The van der Waals surface area contributed by atoms with Crippen molar-refractivity contribution in [2.24, 2.45) is 0 Å². The minimum atomic E-state index is -0.798. The molecular formula is C9H11BrN4OS. The summed E-state index contributed by atoms with van der Waals surface area (Å²) in [5.74, 6) is 1.30. The van der Waals surface area contributed by atoms with Gasteiger partial charge in [-0.2, -0.15) is 0 Å². The van der Waals surface area contributed by atoms with E-state index in [1.54, 1.807) is 12.5 Å². The Morgan fingerprint density at radius 1 is 1.62 bits per heavy atom. The van der Waals surface area contributed by atoms with E-state index in [1.165, 1.54) is 0 Å². The van der Waals surface area contributed by atoms with Gasteiger partial charge in [0.05, 0.1) is 0 Å². The lowest BCUT2D eigenvalue weighted by Gasteiger charge is -2.06. The first-order valence-electron chi connectivity index (χ1n) is 4.70. The van der Waals surface area contributed by atoms with Crippen LogP contribution in [0, 0.1) is 0 Å². The predicted octanol–water partition coefficient (Wildman–Crippen LogP) is 1.28. The predicted molar refractivity (Wildman–Crippen MR) is 68.1 cm³/mol. The fraction of sp³-hybridized carbons (Fsp3) is 0.333. The Hall–Kier alpha value is -0.950. The summed E-state index contributed by atoms with van der Waals surface area (Å²) in [4.78, 5) is 8.49. The van der Waals surface area contributed by atoms with Crippen molar-refractivity contribution in [1.82, 2.24) is 14.4 Å². The lowest BCUT2D eigenvalue weighted by atomic mass is 10.5. The maximum atomic E-state index is 10.9. The Morgan fingerprint density at radius 3 is 3.19 bits per heavy atom. The molecule has 0 aliphatic heterocycles. The van der Waals surface area contributed by atoms with Gasteiger partial charge in [0.2, 0.25) is 0 Å². The molecule has 0 radical (unpaired) electrons. The zero-order valence-electron chi connectivity index (χ0n) is 8.68. The number of hydrogen-bond acceptors (Lipinski definition) is 4. The fourth-order valence-electron chi connectivity index (χ4n) is 1.33. The monoisotopic (exact) mass is 302 g/mol. The van der Waals surface area contributed by atoms with Gasteiger partial charge in [-0.05, 0) is 15.9 Å². The molecule has 0 aliphatic carbocycles. The van der Waals surface area contributed by atoms with Crippen LogP contribution in [0.15, 0.2) is 23.2 Å². The van der Waals surface area contributed by atoms with E-state index in [2.05, 4.69) is 31.2 Å². The number of nitrogens with zero attached hydrogens (tertiary/aromatic N) is 3. The number of anilines is 1. The highest BCUT2D eigenvalue weighted by Gasteiger charge is 2.05. The Bertz CT molecular complexity index is 527. The highest BCUT2D eigenvalue weighted by Crippen LogP contribution is 2.16. The van der Waals surface area contributed by atoms with E-state index in [9.17, 15) is 4.21 Å². The molecule has 0 fully saturated rings.